The fourth-order valence-corrected chi connectivity index (χ4v) is 3.68. The first kappa shape index (κ1) is 17.9. The van der Waals surface area contributed by atoms with Gasteiger partial charge in [-0.25, -0.2) is 0 Å². The summed E-state index contributed by atoms with van der Waals surface area (Å²) >= 11 is 0. The summed E-state index contributed by atoms with van der Waals surface area (Å²) in [6, 6.07) is 9.54. The van der Waals surface area contributed by atoms with Gasteiger partial charge in [-0.1, -0.05) is 58.3 Å². The minimum absolute atomic E-state index is 0.688. The molecule has 0 aromatic heterocycles. The maximum absolute atomic E-state index is 8.77. The third-order valence-corrected chi connectivity index (χ3v) is 5.19. The normalized spacial score (nSPS) is 20.9. The third kappa shape index (κ3) is 6.65. The van der Waals surface area contributed by atoms with Gasteiger partial charge in [-0.3, -0.25) is 0 Å². The first-order valence-electron chi connectivity index (χ1n) is 9.44. The van der Waals surface area contributed by atoms with Gasteiger partial charge in [0.1, 0.15) is 5.75 Å². The number of ether oxygens (including phenoxy) is 1. The van der Waals surface area contributed by atoms with Crippen LogP contribution in [0.15, 0.2) is 24.3 Å². The monoisotopic (exact) mass is 313 g/mol. The van der Waals surface area contributed by atoms with Crippen LogP contribution in [0.2, 0.25) is 0 Å². The largest absolute Gasteiger partial charge is 0.494 e. The van der Waals surface area contributed by atoms with Crippen LogP contribution in [-0.2, 0) is 0 Å². The summed E-state index contributed by atoms with van der Waals surface area (Å²) in [5.41, 5.74) is 0.688. The van der Waals surface area contributed by atoms with E-state index < -0.39 is 0 Å². The molecule has 1 fully saturated rings. The van der Waals surface area contributed by atoms with Crippen molar-refractivity contribution >= 4 is 0 Å². The van der Waals surface area contributed by atoms with Crippen LogP contribution >= 0.6 is 0 Å². The quantitative estimate of drug-likeness (QED) is 0.516. The number of nitriles is 1. The average Bonchev–Trinajstić information content (AvgIpc) is 2.61. The van der Waals surface area contributed by atoms with Crippen LogP contribution in [0.25, 0.3) is 0 Å². The van der Waals surface area contributed by atoms with Crippen LogP contribution in [0.5, 0.6) is 5.75 Å². The molecular weight excluding hydrogens is 282 g/mol. The molecule has 0 radical (unpaired) electrons. The van der Waals surface area contributed by atoms with E-state index in [2.05, 4.69) is 13.0 Å². The Morgan fingerprint density at radius 2 is 1.57 bits per heavy atom. The minimum atomic E-state index is 0.688. The van der Waals surface area contributed by atoms with Gasteiger partial charge in [0, 0.05) is 0 Å². The number of hydrogen-bond donors (Lipinski definition) is 0. The molecule has 2 rings (SSSR count). The smallest absolute Gasteiger partial charge is 0.119 e. The molecule has 23 heavy (non-hydrogen) atoms. The molecule has 0 aliphatic heterocycles. The van der Waals surface area contributed by atoms with E-state index in [4.69, 9.17) is 10.00 Å². The van der Waals surface area contributed by atoms with Crippen LogP contribution in [-0.4, -0.2) is 6.61 Å². The van der Waals surface area contributed by atoms with Crippen molar-refractivity contribution in [3.05, 3.63) is 29.8 Å². The molecule has 0 saturated heterocycles. The highest BCUT2D eigenvalue weighted by molar-refractivity contribution is 5.34. The Morgan fingerprint density at radius 1 is 0.957 bits per heavy atom. The van der Waals surface area contributed by atoms with Crippen LogP contribution < -0.4 is 4.74 Å². The van der Waals surface area contributed by atoms with E-state index in [1.54, 1.807) is 0 Å². The van der Waals surface area contributed by atoms with E-state index in [1.807, 2.05) is 24.3 Å². The lowest BCUT2D eigenvalue weighted by Gasteiger charge is -2.28. The van der Waals surface area contributed by atoms with Crippen molar-refractivity contribution in [2.24, 2.45) is 11.8 Å². The molecule has 2 nitrogen and oxygen atoms in total. The van der Waals surface area contributed by atoms with Gasteiger partial charge in [-0.15, -0.1) is 0 Å². The van der Waals surface area contributed by atoms with Crippen LogP contribution in [0.1, 0.15) is 76.7 Å². The molecule has 0 unspecified atom stereocenters. The van der Waals surface area contributed by atoms with Crippen molar-refractivity contribution in [1.82, 2.24) is 0 Å². The Bertz CT molecular complexity index is 466. The average molecular weight is 313 g/mol. The second-order valence-electron chi connectivity index (χ2n) is 7.01. The van der Waals surface area contributed by atoms with E-state index in [-0.39, 0.29) is 0 Å². The van der Waals surface area contributed by atoms with Gasteiger partial charge in [-0.2, -0.15) is 5.26 Å². The lowest BCUT2D eigenvalue weighted by atomic mass is 9.78. The van der Waals surface area contributed by atoms with Gasteiger partial charge in [0.15, 0.2) is 0 Å². The van der Waals surface area contributed by atoms with E-state index in [0.29, 0.717) is 5.56 Å². The maximum Gasteiger partial charge on any atom is 0.119 e. The summed E-state index contributed by atoms with van der Waals surface area (Å²) in [5.74, 6) is 2.80. The predicted molar refractivity (Wildman–Crippen MR) is 95.5 cm³/mol. The number of rotatable bonds is 9. The summed E-state index contributed by atoms with van der Waals surface area (Å²) in [4.78, 5) is 0. The maximum atomic E-state index is 8.77. The van der Waals surface area contributed by atoms with Crippen LogP contribution in [0, 0.1) is 23.2 Å². The molecule has 0 heterocycles. The second kappa shape index (κ2) is 10.3. The van der Waals surface area contributed by atoms with Gasteiger partial charge >= 0.3 is 0 Å². The Morgan fingerprint density at radius 3 is 2.13 bits per heavy atom. The fraction of sp³-hybridized carbons (Fsp3) is 0.667. The van der Waals surface area contributed by atoms with Gasteiger partial charge in [0.2, 0.25) is 0 Å². The Kier molecular flexibility index (Phi) is 8.01. The SMILES string of the molecule is CCCCCC1CCC(CCCOc2ccc(C#N)cc2)CC1. The molecule has 0 spiro atoms. The Balaban J connectivity index is 1.54. The predicted octanol–water partition coefficient (Wildman–Crippen LogP) is 6.10. The van der Waals surface area contributed by atoms with E-state index in [0.717, 1.165) is 30.6 Å². The lowest BCUT2D eigenvalue weighted by Crippen LogP contribution is -2.15. The number of unbranched alkanes of at least 4 members (excludes halogenated alkanes) is 2. The summed E-state index contributed by atoms with van der Waals surface area (Å²) in [6.07, 6.45) is 13.8. The molecule has 1 saturated carbocycles. The van der Waals surface area contributed by atoms with Crippen molar-refractivity contribution in [2.45, 2.75) is 71.1 Å². The molecule has 1 aliphatic rings. The highest BCUT2D eigenvalue weighted by atomic mass is 16.5. The highest BCUT2D eigenvalue weighted by Crippen LogP contribution is 2.34. The molecule has 1 aliphatic carbocycles. The summed E-state index contributed by atoms with van der Waals surface area (Å²) in [7, 11) is 0. The highest BCUT2D eigenvalue weighted by Gasteiger charge is 2.20. The number of hydrogen-bond acceptors (Lipinski definition) is 2. The fourth-order valence-electron chi connectivity index (χ4n) is 3.68. The standard InChI is InChI=1S/C21H31NO/c1-2-3-4-6-18-8-10-19(11-9-18)7-5-16-23-21-14-12-20(17-22)13-15-21/h12-15,18-19H,2-11,16H2,1H3. The first-order valence-corrected chi connectivity index (χ1v) is 9.44. The molecule has 1 aromatic rings. The molecule has 0 atom stereocenters. The molecule has 1 aromatic carbocycles. The second-order valence-corrected chi connectivity index (χ2v) is 7.01. The lowest BCUT2D eigenvalue weighted by molar-refractivity contribution is 0.228. The van der Waals surface area contributed by atoms with Crippen molar-refractivity contribution in [2.75, 3.05) is 6.61 Å². The zero-order valence-electron chi connectivity index (χ0n) is 14.6. The summed E-state index contributed by atoms with van der Waals surface area (Å²) < 4.78 is 5.77. The van der Waals surface area contributed by atoms with Crippen molar-refractivity contribution < 1.29 is 4.74 Å². The molecule has 0 amide bonds. The van der Waals surface area contributed by atoms with Crippen molar-refractivity contribution in [3.63, 3.8) is 0 Å². The third-order valence-electron chi connectivity index (χ3n) is 5.19. The number of benzene rings is 1. The molecule has 0 bridgehead atoms. The molecular formula is C21H31NO. The van der Waals surface area contributed by atoms with E-state index in [9.17, 15) is 0 Å². The van der Waals surface area contributed by atoms with Crippen molar-refractivity contribution in [3.8, 4) is 11.8 Å². The van der Waals surface area contributed by atoms with E-state index in [1.165, 1.54) is 57.8 Å². The van der Waals surface area contributed by atoms with Gasteiger partial charge < -0.3 is 4.74 Å². The van der Waals surface area contributed by atoms with Crippen LogP contribution in [0.4, 0.5) is 0 Å². The summed E-state index contributed by atoms with van der Waals surface area (Å²) in [6.45, 7) is 3.08. The zero-order valence-corrected chi connectivity index (χ0v) is 14.6. The first-order chi connectivity index (χ1) is 11.3. The van der Waals surface area contributed by atoms with Crippen LogP contribution in [0.3, 0.4) is 0 Å². The van der Waals surface area contributed by atoms with E-state index >= 15 is 0 Å². The molecule has 0 N–H and O–H groups in total. The Hall–Kier alpha value is -1.49. The van der Waals surface area contributed by atoms with Gasteiger partial charge in [0.05, 0.1) is 18.2 Å². The number of nitrogens with zero attached hydrogens (tertiary/aromatic N) is 1. The molecule has 126 valence electrons. The van der Waals surface area contributed by atoms with Gasteiger partial charge in [-0.05, 0) is 48.9 Å². The topological polar surface area (TPSA) is 33.0 Å². The minimum Gasteiger partial charge on any atom is -0.494 e. The summed E-state index contributed by atoms with van der Waals surface area (Å²) in [5, 5.41) is 8.77. The Labute approximate surface area is 141 Å². The zero-order chi connectivity index (χ0) is 16.3. The molecule has 2 heteroatoms. The van der Waals surface area contributed by atoms with Gasteiger partial charge in [0.25, 0.3) is 0 Å². The van der Waals surface area contributed by atoms with Crippen molar-refractivity contribution in [1.29, 1.82) is 5.26 Å².